The lowest BCUT2D eigenvalue weighted by molar-refractivity contribution is -0.534. The van der Waals surface area contributed by atoms with Gasteiger partial charge in [0.2, 0.25) is 0 Å². The van der Waals surface area contributed by atoms with Gasteiger partial charge < -0.3 is 28.4 Å². The molecule has 0 radical (unpaired) electrons. The zero-order valence-electron chi connectivity index (χ0n) is 26.3. The summed E-state index contributed by atoms with van der Waals surface area (Å²) >= 11 is 0. The van der Waals surface area contributed by atoms with E-state index in [9.17, 15) is 0 Å². The Balaban J connectivity index is 1.49. The van der Waals surface area contributed by atoms with E-state index in [2.05, 4.69) is 110 Å². The predicted molar refractivity (Wildman–Crippen MR) is 169 cm³/mol. The summed E-state index contributed by atoms with van der Waals surface area (Å²) in [5, 5.41) is 2.45. The Labute approximate surface area is 254 Å². The molecule has 228 valence electrons. The summed E-state index contributed by atoms with van der Waals surface area (Å²) in [6.07, 6.45) is 4.12. The summed E-state index contributed by atoms with van der Waals surface area (Å²) in [6, 6.07) is 13.5. The zero-order valence-corrected chi connectivity index (χ0v) is 28.6. The van der Waals surface area contributed by atoms with Crippen molar-refractivity contribution in [2.45, 2.75) is 137 Å². The standard InChI is InChI=1S/C34H46O6P2/c1-25-15-29(5)36-26(2,16-30(6,35-25)39-29)33(25,19-41)23-14-13-21-11-9-10-12-22(21)24(23)34(20-42)27(3)17-31(7)38-28(34,4)18-32(8,37-27)40-31/h9-14H,15-20,41-42H2,1-8H3. The molecular formula is C34H46O6P2. The molecule has 6 nitrogen and oxygen atoms in total. The monoisotopic (exact) mass is 612 g/mol. The number of hydrogen-bond acceptors (Lipinski definition) is 6. The first kappa shape index (κ1) is 28.8. The number of benzene rings is 2. The minimum atomic E-state index is -0.714. The molecule has 8 heterocycles. The molecule has 2 aromatic carbocycles. The normalized spacial score (nSPS) is 55.6. The summed E-state index contributed by atoms with van der Waals surface area (Å²) in [7, 11) is 6.22. The van der Waals surface area contributed by atoms with Gasteiger partial charge in [-0.25, -0.2) is 0 Å². The Morgan fingerprint density at radius 3 is 1.36 bits per heavy atom. The second-order valence-electron chi connectivity index (χ2n) is 15.7. The fourth-order valence-electron chi connectivity index (χ4n) is 12.1. The predicted octanol–water partition coefficient (Wildman–Crippen LogP) is 6.71. The Morgan fingerprint density at radius 1 is 0.524 bits per heavy atom. The van der Waals surface area contributed by atoms with Gasteiger partial charge in [-0.3, -0.25) is 0 Å². The maximum Gasteiger partial charge on any atom is 0.172 e. The first-order valence-corrected chi connectivity index (χ1v) is 17.2. The minimum Gasteiger partial charge on any atom is -0.343 e. The van der Waals surface area contributed by atoms with Crippen LogP contribution in [-0.2, 0) is 39.3 Å². The highest BCUT2D eigenvalue weighted by molar-refractivity contribution is 7.16. The van der Waals surface area contributed by atoms with Crippen LogP contribution < -0.4 is 0 Å². The molecule has 8 saturated heterocycles. The minimum absolute atomic E-state index is 0.495. The van der Waals surface area contributed by atoms with Crippen LogP contribution in [0.4, 0.5) is 0 Å². The van der Waals surface area contributed by atoms with Crippen molar-refractivity contribution in [1.82, 2.24) is 0 Å². The molecule has 10 unspecified atom stereocenters. The molecule has 10 atom stereocenters. The molecule has 8 aliphatic heterocycles. The van der Waals surface area contributed by atoms with E-state index in [4.69, 9.17) is 28.4 Å². The molecule has 0 saturated carbocycles. The lowest BCUT2D eigenvalue weighted by atomic mass is 9.46. The first-order valence-electron chi connectivity index (χ1n) is 15.5. The fourth-order valence-corrected chi connectivity index (χ4v) is 14.3. The Morgan fingerprint density at radius 2 is 0.929 bits per heavy atom. The number of fused-ring (bicyclic) bond motifs is 1. The highest BCUT2D eigenvalue weighted by Gasteiger charge is 2.81. The van der Waals surface area contributed by atoms with Gasteiger partial charge in [0.1, 0.15) is 0 Å². The third-order valence-electron chi connectivity index (χ3n) is 12.3. The van der Waals surface area contributed by atoms with Crippen LogP contribution in [0.25, 0.3) is 10.8 Å². The molecule has 8 heteroatoms. The van der Waals surface area contributed by atoms with Crippen LogP contribution in [0.1, 0.15) is 92.2 Å². The van der Waals surface area contributed by atoms with Crippen molar-refractivity contribution in [2.24, 2.45) is 0 Å². The zero-order chi connectivity index (χ0) is 30.0. The van der Waals surface area contributed by atoms with Crippen LogP contribution in [0.2, 0.25) is 0 Å². The van der Waals surface area contributed by atoms with Gasteiger partial charge in [-0.15, -0.1) is 18.5 Å². The van der Waals surface area contributed by atoms with Gasteiger partial charge >= 0.3 is 0 Å². The van der Waals surface area contributed by atoms with Crippen LogP contribution in [-0.4, -0.2) is 57.9 Å². The molecule has 42 heavy (non-hydrogen) atoms. The maximum atomic E-state index is 7.14. The molecule has 0 aliphatic carbocycles. The van der Waals surface area contributed by atoms with E-state index < -0.39 is 56.4 Å². The molecule has 0 amide bonds. The lowest BCUT2D eigenvalue weighted by Gasteiger charge is -2.77. The van der Waals surface area contributed by atoms with Crippen LogP contribution in [0.5, 0.6) is 0 Å². The van der Waals surface area contributed by atoms with Gasteiger partial charge in [-0.05, 0) is 89.6 Å². The van der Waals surface area contributed by atoms with Crippen molar-refractivity contribution < 1.29 is 28.4 Å². The number of hydrogen-bond donors (Lipinski definition) is 0. The third kappa shape index (κ3) is 3.06. The van der Waals surface area contributed by atoms with E-state index in [0.29, 0.717) is 25.7 Å². The van der Waals surface area contributed by atoms with E-state index >= 15 is 0 Å². The van der Waals surface area contributed by atoms with E-state index in [1.807, 2.05) is 0 Å². The van der Waals surface area contributed by atoms with Crippen LogP contribution in [0.3, 0.4) is 0 Å². The number of rotatable bonds is 4. The molecule has 10 rings (SSSR count). The molecule has 0 N–H and O–H groups in total. The molecule has 8 aliphatic rings. The Bertz CT molecular complexity index is 1450. The van der Waals surface area contributed by atoms with Crippen molar-refractivity contribution >= 4 is 29.3 Å². The van der Waals surface area contributed by atoms with Crippen molar-refractivity contribution in [3.8, 4) is 0 Å². The quantitative estimate of drug-likeness (QED) is 0.358. The molecule has 8 bridgehead atoms. The number of ether oxygens (including phenoxy) is 6. The largest absolute Gasteiger partial charge is 0.343 e. The average Bonchev–Trinajstić information content (AvgIpc) is 2.79. The van der Waals surface area contributed by atoms with Crippen molar-refractivity contribution in [1.29, 1.82) is 0 Å². The first-order chi connectivity index (χ1) is 19.4. The van der Waals surface area contributed by atoms with Crippen LogP contribution >= 0.6 is 18.5 Å². The van der Waals surface area contributed by atoms with Crippen molar-refractivity contribution in [3.63, 3.8) is 0 Å². The maximum absolute atomic E-state index is 7.14. The molecule has 2 aromatic rings. The smallest absolute Gasteiger partial charge is 0.172 e. The molecule has 8 fully saturated rings. The highest BCUT2D eigenvalue weighted by Crippen LogP contribution is 2.73. The summed E-state index contributed by atoms with van der Waals surface area (Å²) in [6.45, 7) is 17.6. The Hall–Kier alpha value is -0.680. The van der Waals surface area contributed by atoms with Gasteiger partial charge in [0.25, 0.3) is 0 Å². The molecular weight excluding hydrogens is 566 g/mol. The summed E-state index contributed by atoms with van der Waals surface area (Å²) in [5.41, 5.74) is -0.637. The lowest BCUT2D eigenvalue weighted by Crippen LogP contribution is -2.85. The highest BCUT2D eigenvalue weighted by atomic mass is 31.0. The topological polar surface area (TPSA) is 55.4 Å². The molecule has 0 aromatic heterocycles. The third-order valence-corrected chi connectivity index (χ3v) is 13.5. The van der Waals surface area contributed by atoms with E-state index in [1.165, 1.54) is 21.9 Å². The molecule has 0 spiro atoms. The van der Waals surface area contributed by atoms with Gasteiger partial charge in [0.05, 0.1) is 33.2 Å². The fraction of sp³-hybridized carbons (Fsp3) is 0.706. The van der Waals surface area contributed by atoms with Gasteiger partial charge in [0.15, 0.2) is 23.1 Å². The summed E-state index contributed by atoms with van der Waals surface area (Å²) < 4.78 is 41.5. The van der Waals surface area contributed by atoms with Crippen LogP contribution in [0, 0.1) is 0 Å². The summed E-state index contributed by atoms with van der Waals surface area (Å²) in [5.74, 6) is -2.84. The van der Waals surface area contributed by atoms with Crippen molar-refractivity contribution in [3.05, 3.63) is 47.5 Å². The van der Waals surface area contributed by atoms with Crippen molar-refractivity contribution in [2.75, 3.05) is 12.3 Å². The van der Waals surface area contributed by atoms with E-state index in [-0.39, 0.29) is 0 Å². The SMILES string of the molecule is CC12CC3(C)OC(C)(CC(C)(O1)C3(CP)c1ccc3ccccc3c1C1(CP)C3(C)CC4(C)OC(C)(CC1(C)O4)O3)O2. The van der Waals surface area contributed by atoms with Gasteiger partial charge in [-0.1, -0.05) is 36.4 Å². The van der Waals surface area contributed by atoms with Crippen LogP contribution in [0.15, 0.2) is 36.4 Å². The average molecular weight is 613 g/mol. The van der Waals surface area contributed by atoms with E-state index in [0.717, 1.165) is 12.3 Å². The van der Waals surface area contributed by atoms with E-state index in [1.54, 1.807) is 0 Å². The second kappa shape index (κ2) is 7.81. The van der Waals surface area contributed by atoms with Gasteiger partial charge in [-0.2, -0.15) is 0 Å². The Kier molecular flexibility index (Phi) is 5.35. The second-order valence-corrected chi connectivity index (χ2v) is 16.5. The summed E-state index contributed by atoms with van der Waals surface area (Å²) in [4.78, 5) is 0. The van der Waals surface area contributed by atoms with Gasteiger partial charge in [0, 0.05) is 25.7 Å².